The number of thioether (sulfide) groups is 1. The van der Waals surface area contributed by atoms with Gasteiger partial charge in [0.05, 0.1) is 10.2 Å². The lowest BCUT2D eigenvalue weighted by Gasteiger charge is -2.05. The largest absolute Gasteiger partial charge is 0.229 e. The number of halogens is 1. The van der Waals surface area contributed by atoms with Gasteiger partial charge in [-0.2, -0.15) is 10.5 Å². The fraction of sp³-hybridized carbons (Fsp3) is 0. The van der Waals surface area contributed by atoms with E-state index < -0.39 is 0 Å². The second-order valence-corrected chi connectivity index (χ2v) is 8.13. The minimum Gasteiger partial charge on any atom is -0.229 e. The molecule has 3 aromatic rings. The van der Waals surface area contributed by atoms with Crippen LogP contribution >= 0.6 is 39.0 Å². The lowest BCUT2D eigenvalue weighted by Crippen LogP contribution is -1.81. The van der Waals surface area contributed by atoms with Crippen LogP contribution in [-0.4, -0.2) is 4.98 Å². The van der Waals surface area contributed by atoms with Gasteiger partial charge in [-0.1, -0.05) is 52.0 Å². The molecule has 0 atom stereocenters. The first-order valence-electron chi connectivity index (χ1n) is 7.21. The fourth-order valence-corrected chi connectivity index (χ4v) is 4.44. The molecule has 1 heterocycles. The van der Waals surface area contributed by atoms with Crippen LogP contribution in [0.5, 0.6) is 0 Å². The van der Waals surface area contributed by atoms with E-state index in [1.54, 1.807) is 17.4 Å². The van der Waals surface area contributed by atoms with Crippen molar-refractivity contribution in [1.82, 2.24) is 4.98 Å². The molecule has 1 aromatic heterocycles. The van der Waals surface area contributed by atoms with Crippen LogP contribution in [0.25, 0.3) is 15.1 Å². The maximum atomic E-state index is 8.94. The summed E-state index contributed by atoms with van der Waals surface area (Å²) in [5.41, 5.74) is 2.04. The van der Waals surface area contributed by atoms with Gasteiger partial charge in [0.2, 0.25) is 0 Å². The van der Waals surface area contributed by atoms with E-state index in [0.29, 0.717) is 0 Å². The lowest BCUT2D eigenvalue weighted by atomic mass is 10.2. The van der Waals surface area contributed by atoms with E-state index in [1.165, 1.54) is 17.8 Å². The van der Waals surface area contributed by atoms with Crippen molar-refractivity contribution >= 4 is 54.2 Å². The van der Waals surface area contributed by atoms with Crippen LogP contribution in [0, 0.1) is 22.7 Å². The Balaban J connectivity index is 2.00. The number of hydrogen-bond donors (Lipinski definition) is 0. The quantitative estimate of drug-likeness (QED) is 0.286. The number of benzene rings is 2. The first kappa shape index (κ1) is 17.4. The number of rotatable bonds is 4. The van der Waals surface area contributed by atoms with Crippen molar-refractivity contribution in [1.29, 1.82) is 10.5 Å². The van der Waals surface area contributed by atoms with E-state index in [2.05, 4.69) is 20.9 Å². The SMILES string of the molecule is N#CC(C#N)=CC=C(Sc1nc2ccccc2s1)c1ccc(Br)cc1. The number of allylic oxidation sites excluding steroid dienone is 3. The molecule has 3 rings (SSSR count). The van der Waals surface area contributed by atoms with Crippen molar-refractivity contribution < 1.29 is 0 Å². The van der Waals surface area contributed by atoms with Gasteiger partial charge in [-0.3, -0.25) is 0 Å². The van der Waals surface area contributed by atoms with Gasteiger partial charge >= 0.3 is 0 Å². The summed E-state index contributed by atoms with van der Waals surface area (Å²) in [5, 5.41) is 17.9. The van der Waals surface area contributed by atoms with Crippen molar-refractivity contribution in [2.45, 2.75) is 4.34 Å². The molecule has 3 nitrogen and oxygen atoms in total. The van der Waals surface area contributed by atoms with E-state index in [0.717, 1.165) is 29.5 Å². The highest BCUT2D eigenvalue weighted by Crippen LogP contribution is 2.38. The molecular weight excluding hydrogens is 414 g/mol. The van der Waals surface area contributed by atoms with Gasteiger partial charge in [0.15, 0.2) is 4.34 Å². The van der Waals surface area contributed by atoms with E-state index in [-0.39, 0.29) is 5.57 Å². The third kappa shape index (κ3) is 4.37. The number of fused-ring (bicyclic) bond motifs is 1. The summed E-state index contributed by atoms with van der Waals surface area (Å²) in [6.45, 7) is 0. The van der Waals surface area contributed by atoms with Crippen LogP contribution < -0.4 is 0 Å². The van der Waals surface area contributed by atoms with Crippen LogP contribution in [0.1, 0.15) is 5.56 Å². The second kappa shape index (κ2) is 8.13. The maximum absolute atomic E-state index is 8.94. The molecule has 6 heteroatoms. The number of thiazole rings is 1. The number of hydrogen-bond acceptors (Lipinski definition) is 5. The molecule has 0 radical (unpaired) electrons. The Morgan fingerprint density at radius 2 is 1.76 bits per heavy atom. The molecule has 0 aliphatic rings. The third-order valence-corrected chi connectivity index (χ3v) is 5.96. The molecule has 0 bridgehead atoms. The normalized spacial score (nSPS) is 10.9. The third-order valence-electron chi connectivity index (χ3n) is 3.24. The average Bonchev–Trinajstić information content (AvgIpc) is 3.04. The van der Waals surface area contributed by atoms with Gasteiger partial charge in [0.25, 0.3) is 0 Å². The van der Waals surface area contributed by atoms with Crippen LogP contribution in [0.4, 0.5) is 0 Å². The van der Waals surface area contributed by atoms with E-state index in [9.17, 15) is 0 Å². The summed E-state index contributed by atoms with van der Waals surface area (Å²) < 4.78 is 3.04. The summed E-state index contributed by atoms with van der Waals surface area (Å²) in [6, 6.07) is 19.7. The van der Waals surface area contributed by atoms with Gasteiger partial charge in [-0.25, -0.2) is 4.98 Å². The summed E-state index contributed by atoms with van der Waals surface area (Å²) in [6.07, 6.45) is 3.33. The highest BCUT2D eigenvalue weighted by atomic mass is 79.9. The Kier molecular flexibility index (Phi) is 5.67. The summed E-state index contributed by atoms with van der Waals surface area (Å²) in [5.74, 6) is 0. The van der Waals surface area contributed by atoms with E-state index >= 15 is 0 Å². The molecule has 0 fully saturated rings. The first-order chi connectivity index (χ1) is 12.2. The van der Waals surface area contributed by atoms with Crippen LogP contribution in [0.15, 0.2) is 75.1 Å². The smallest absolute Gasteiger partial charge is 0.155 e. The van der Waals surface area contributed by atoms with Crippen molar-refractivity contribution in [2.24, 2.45) is 0 Å². The molecule has 2 aromatic carbocycles. The molecule has 0 aliphatic carbocycles. The summed E-state index contributed by atoms with van der Waals surface area (Å²) in [7, 11) is 0. The van der Waals surface area contributed by atoms with Gasteiger partial charge in [-0.05, 0) is 42.0 Å². The van der Waals surface area contributed by atoms with E-state index in [1.807, 2.05) is 60.7 Å². The fourth-order valence-electron chi connectivity index (χ4n) is 2.05. The second-order valence-electron chi connectivity index (χ2n) is 4.89. The Morgan fingerprint density at radius 3 is 2.44 bits per heavy atom. The lowest BCUT2D eigenvalue weighted by molar-refractivity contribution is 1.31. The maximum Gasteiger partial charge on any atom is 0.155 e. The monoisotopic (exact) mass is 423 g/mol. The zero-order valence-electron chi connectivity index (χ0n) is 12.8. The van der Waals surface area contributed by atoms with Crippen molar-refractivity contribution in [3.05, 3.63) is 76.3 Å². The minimum absolute atomic E-state index is 0.0690. The summed E-state index contributed by atoms with van der Waals surface area (Å²) >= 11 is 6.58. The molecule has 0 unspecified atom stereocenters. The molecule has 25 heavy (non-hydrogen) atoms. The van der Waals surface area contributed by atoms with Crippen molar-refractivity contribution in [2.75, 3.05) is 0 Å². The molecule has 0 amide bonds. The Labute approximate surface area is 162 Å². The molecular formula is C19H10BrN3S2. The molecule has 120 valence electrons. The average molecular weight is 424 g/mol. The Morgan fingerprint density at radius 1 is 1.04 bits per heavy atom. The minimum atomic E-state index is 0.0690. The molecule has 0 saturated carbocycles. The molecule has 0 N–H and O–H groups in total. The van der Waals surface area contributed by atoms with Gasteiger partial charge in [0.1, 0.15) is 17.7 Å². The Bertz CT molecular complexity index is 1000. The molecule has 0 saturated heterocycles. The highest BCUT2D eigenvalue weighted by molar-refractivity contribution is 9.10. The number of aromatic nitrogens is 1. The highest BCUT2D eigenvalue weighted by Gasteiger charge is 2.09. The predicted molar refractivity (Wildman–Crippen MR) is 107 cm³/mol. The number of nitrogens with zero attached hydrogens (tertiary/aromatic N) is 3. The van der Waals surface area contributed by atoms with Crippen LogP contribution in [0.3, 0.4) is 0 Å². The van der Waals surface area contributed by atoms with Crippen LogP contribution in [0.2, 0.25) is 0 Å². The molecule has 0 aliphatic heterocycles. The van der Waals surface area contributed by atoms with Gasteiger partial charge in [0, 0.05) is 9.38 Å². The van der Waals surface area contributed by atoms with Gasteiger partial charge in [-0.15, -0.1) is 11.3 Å². The van der Waals surface area contributed by atoms with Crippen molar-refractivity contribution in [3.63, 3.8) is 0 Å². The predicted octanol–water partition coefficient (Wildman–Crippen LogP) is 6.17. The van der Waals surface area contributed by atoms with Crippen LogP contribution in [-0.2, 0) is 0 Å². The summed E-state index contributed by atoms with van der Waals surface area (Å²) in [4.78, 5) is 5.57. The molecule has 0 spiro atoms. The van der Waals surface area contributed by atoms with E-state index in [4.69, 9.17) is 10.5 Å². The standard InChI is InChI=1S/C19H10BrN3S2/c20-15-8-6-14(7-9-15)17(10-5-13(11-21)12-22)24-19-23-16-3-1-2-4-18(16)25-19/h1-10H. The van der Waals surface area contributed by atoms with Gasteiger partial charge < -0.3 is 0 Å². The Hall–Kier alpha value is -2.38. The number of nitriles is 2. The topological polar surface area (TPSA) is 60.5 Å². The first-order valence-corrected chi connectivity index (χ1v) is 9.64. The zero-order chi connectivity index (χ0) is 17.6. The van der Waals surface area contributed by atoms with Crippen molar-refractivity contribution in [3.8, 4) is 12.1 Å². The zero-order valence-corrected chi connectivity index (χ0v) is 16.0. The number of para-hydroxylation sites is 1.